The van der Waals surface area contributed by atoms with Gasteiger partial charge in [-0.2, -0.15) is 0 Å². The second kappa shape index (κ2) is 7.48. The Morgan fingerprint density at radius 2 is 1.57 bits per heavy atom. The zero-order valence-electron chi connectivity index (χ0n) is 11.7. The molecule has 2 nitrogen and oxygen atoms in total. The van der Waals surface area contributed by atoms with Crippen molar-refractivity contribution < 1.29 is 0 Å². The number of nitrogens with zero attached hydrogens (tertiary/aromatic N) is 1. The molecule has 0 aliphatic carbocycles. The number of nitrogens with two attached hydrogens (primary N) is 1. The topological polar surface area (TPSA) is 29.3 Å². The molecule has 0 saturated carbocycles. The highest BCUT2D eigenvalue weighted by Crippen LogP contribution is 2.33. The van der Waals surface area contributed by atoms with Crippen molar-refractivity contribution in [2.45, 2.75) is 12.6 Å². The van der Waals surface area contributed by atoms with Crippen LogP contribution in [0.2, 0.25) is 15.1 Å². The molecule has 21 heavy (non-hydrogen) atoms. The average Bonchev–Trinajstić information content (AvgIpc) is 2.45. The van der Waals surface area contributed by atoms with Crippen molar-refractivity contribution in [2.75, 3.05) is 13.6 Å². The van der Waals surface area contributed by atoms with Gasteiger partial charge in [0.05, 0.1) is 6.04 Å². The molecule has 2 rings (SSSR count). The Labute approximate surface area is 140 Å². The SMILES string of the molecule is CN(Cc1ccc(Cl)cc1)C(CN)c1c(Cl)cccc1Cl. The molecule has 0 radical (unpaired) electrons. The molecule has 0 heterocycles. The molecule has 0 saturated heterocycles. The first-order chi connectivity index (χ1) is 10.0. The van der Waals surface area contributed by atoms with Gasteiger partial charge < -0.3 is 5.73 Å². The molecule has 0 bridgehead atoms. The van der Waals surface area contributed by atoms with Crippen molar-refractivity contribution in [1.82, 2.24) is 4.90 Å². The number of hydrogen-bond donors (Lipinski definition) is 1. The van der Waals surface area contributed by atoms with Crippen molar-refractivity contribution >= 4 is 34.8 Å². The number of rotatable bonds is 5. The van der Waals surface area contributed by atoms with Crippen LogP contribution in [-0.2, 0) is 6.54 Å². The molecular weight excluding hydrogens is 327 g/mol. The van der Waals surface area contributed by atoms with Gasteiger partial charge in [-0.25, -0.2) is 0 Å². The maximum Gasteiger partial charge on any atom is 0.0500 e. The lowest BCUT2D eigenvalue weighted by atomic mass is 10.0. The third-order valence-electron chi connectivity index (χ3n) is 3.43. The summed E-state index contributed by atoms with van der Waals surface area (Å²) in [6.45, 7) is 1.17. The van der Waals surface area contributed by atoms with E-state index in [0.29, 0.717) is 16.6 Å². The van der Waals surface area contributed by atoms with Crippen LogP contribution >= 0.6 is 34.8 Å². The summed E-state index contributed by atoms with van der Waals surface area (Å²) >= 11 is 18.5. The minimum atomic E-state index is -0.0399. The molecule has 0 aliphatic heterocycles. The minimum Gasteiger partial charge on any atom is -0.329 e. The molecule has 2 aromatic rings. The quantitative estimate of drug-likeness (QED) is 0.846. The standard InChI is InChI=1S/C16H17Cl3N2/c1-21(10-11-5-7-12(17)8-6-11)15(9-20)16-13(18)3-2-4-14(16)19/h2-8,15H,9-10,20H2,1H3. The number of likely N-dealkylation sites (N-methyl/N-ethyl adjacent to an activating group) is 1. The summed E-state index contributed by atoms with van der Waals surface area (Å²) in [5, 5.41) is 2.01. The molecule has 2 aromatic carbocycles. The zero-order valence-corrected chi connectivity index (χ0v) is 14.0. The van der Waals surface area contributed by atoms with Crippen molar-refractivity contribution in [2.24, 2.45) is 5.73 Å². The molecule has 2 N–H and O–H groups in total. The number of halogens is 3. The Morgan fingerprint density at radius 3 is 2.10 bits per heavy atom. The first-order valence-electron chi connectivity index (χ1n) is 6.61. The molecule has 0 amide bonds. The van der Waals surface area contributed by atoms with Gasteiger partial charge in [0.2, 0.25) is 0 Å². The summed E-state index contributed by atoms with van der Waals surface area (Å²) < 4.78 is 0. The predicted molar refractivity (Wildman–Crippen MR) is 91.2 cm³/mol. The third-order valence-corrected chi connectivity index (χ3v) is 4.34. The summed E-state index contributed by atoms with van der Waals surface area (Å²) in [5.41, 5.74) is 7.97. The molecule has 5 heteroatoms. The van der Waals surface area contributed by atoms with E-state index in [1.807, 2.05) is 49.5 Å². The van der Waals surface area contributed by atoms with Crippen molar-refractivity contribution in [3.05, 3.63) is 68.7 Å². The summed E-state index contributed by atoms with van der Waals surface area (Å²) in [6.07, 6.45) is 0. The van der Waals surface area contributed by atoms with Crippen LogP contribution in [0.5, 0.6) is 0 Å². The third kappa shape index (κ3) is 4.12. The highest BCUT2D eigenvalue weighted by Gasteiger charge is 2.21. The van der Waals surface area contributed by atoms with E-state index in [2.05, 4.69) is 4.90 Å². The first kappa shape index (κ1) is 16.6. The van der Waals surface area contributed by atoms with Crippen LogP contribution < -0.4 is 5.73 Å². The van der Waals surface area contributed by atoms with Crippen LogP contribution in [-0.4, -0.2) is 18.5 Å². The van der Waals surface area contributed by atoms with E-state index in [-0.39, 0.29) is 6.04 Å². The summed E-state index contributed by atoms with van der Waals surface area (Å²) in [6, 6.07) is 13.2. The van der Waals surface area contributed by atoms with Gasteiger partial charge in [-0.15, -0.1) is 0 Å². The largest absolute Gasteiger partial charge is 0.329 e. The van der Waals surface area contributed by atoms with Crippen LogP contribution in [0.3, 0.4) is 0 Å². The first-order valence-corrected chi connectivity index (χ1v) is 7.75. The summed E-state index contributed by atoms with van der Waals surface area (Å²) in [4.78, 5) is 2.14. The van der Waals surface area contributed by atoms with Crippen LogP contribution in [0, 0.1) is 0 Å². The molecule has 112 valence electrons. The van der Waals surface area contributed by atoms with Gasteiger partial charge in [0.1, 0.15) is 0 Å². The van der Waals surface area contributed by atoms with E-state index in [0.717, 1.165) is 22.7 Å². The second-order valence-electron chi connectivity index (χ2n) is 4.93. The fourth-order valence-electron chi connectivity index (χ4n) is 2.34. The van der Waals surface area contributed by atoms with Gasteiger partial charge in [0.15, 0.2) is 0 Å². The highest BCUT2D eigenvalue weighted by molar-refractivity contribution is 6.36. The predicted octanol–water partition coefficient (Wildman–Crippen LogP) is 4.78. The van der Waals surface area contributed by atoms with E-state index in [9.17, 15) is 0 Å². The van der Waals surface area contributed by atoms with Crippen LogP contribution in [0.25, 0.3) is 0 Å². The summed E-state index contributed by atoms with van der Waals surface area (Å²) in [7, 11) is 2.01. The van der Waals surface area contributed by atoms with Gasteiger partial charge in [-0.3, -0.25) is 4.90 Å². The Balaban J connectivity index is 2.22. The Morgan fingerprint density at radius 1 is 1.00 bits per heavy atom. The lowest BCUT2D eigenvalue weighted by molar-refractivity contribution is 0.242. The lowest BCUT2D eigenvalue weighted by Crippen LogP contribution is -2.30. The smallest absolute Gasteiger partial charge is 0.0500 e. The van der Waals surface area contributed by atoms with Crippen LogP contribution in [0.15, 0.2) is 42.5 Å². The van der Waals surface area contributed by atoms with E-state index in [1.54, 1.807) is 0 Å². The fraction of sp³-hybridized carbons (Fsp3) is 0.250. The monoisotopic (exact) mass is 342 g/mol. The Bertz CT molecular complexity index is 579. The lowest BCUT2D eigenvalue weighted by Gasteiger charge is -2.29. The average molecular weight is 344 g/mol. The molecule has 1 atom stereocenters. The van der Waals surface area contributed by atoms with E-state index in [4.69, 9.17) is 40.5 Å². The molecule has 0 fully saturated rings. The second-order valence-corrected chi connectivity index (χ2v) is 6.18. The zero-order chi connectivity index (χ0) is 15.4. The van der Waals surface area contributed by atoms with Gasteiger partial charge in [-0.05, 0) is 36.9 Å². The van der Waals surface area contributed by atoms with Gasteiger partial charge in [-0.1, -0.05) is 53.0 Å². The normalized spacial score (nSPS) is 12.7. The Kier molecular flexibility index (Phi) is 5.91. The minimum absolute atomic E-state index is 0.0399. The number of hydrogen-bond acceptors (Lipinski definition) is 2. The maximum absolute atomic E-state index is 6.29. The molecule has 0 spiro atoms. The van der Waals surface area contributed by atoms with Gasteiger partial charge >= 0.3 is 0 Å². The molecular formula is C16H17Cl3N2. The maximum atomic E-state index is 6.29. The molecule has 1 unspecified atom stereocenters. The highest BCUT2D eigenvalue weighted by atomic mass is 35.5. The molecule has 0 aliphatic rings. The van der Waals surface area contributed by atoms with Crippen molar-refractivity contribution in [1.29, 1.82) is 0 Å². The van der Waals surface area contributed by atoms with E-state index < -0.39 is 0 Å². The van der Waals surface area contributed by atoms with Crippen LogP contribution in [0.1, 0.15) is 17.2 Å². The number of benzene rings is 2. The van der Waals surface area contributed by atoms with E-state index >= 15 is 0 Å². The van der Waals surface area contributed by atoms with Crippen LogP contribution in [0.4, 0.5) is 0 Å². The van der Waals surface area contributed by atoms with Gasteiger partial charge in [0, 0.05) is 33.7 Å². The van der Waals surface area contributed by atoms with Gasteiger partial charge in [0.25, 0.3) is 0 Å². The Hall–Kier alpha value is -0.770. The van der Waals surface area contributed by atoms with Crippen molar-refractivity contribution in [3.63, 3.8) is 0 Å². The van der Waals surface area contributed by atoms with Crippen molar-refractivity contribution in [3.8, 4) is 0 Å². The summed E-state index contributed by atoms with van der Waals surface area (Å²) in [5.74, 6) is 0. The fourth-order valence-corrected chi connectivity index (χ4v) is 3.11. The molecule has 0 aromatic heterocycles. The van der Waals surface area contributed by atoms with E-state index in [1.165, 1.54) is 0 Å².